The van der Waals surface area contributed by atoms with Gasteiger partial charge in [0, 0.05) is 36.6 Å². The number of amides is 3. The highest BCUT2D eigenvalue weighted by Gasteiger charge is 2.30. The Morgan fingerprint density at radius 1 is 1.33 bits per heavy atom. The zero-order valence-corrected chi connectivity index (χ0v) is 20.5. The molecule has 11 heteroatoms. The summed E-state index contributed by atoms with van der Waals surface area (Å²) in [7, 11) is 0. The SMILES string of the molecule is C=CC(=O)N1CCCCC(n2c(NC(=O)c3ccnc(C)c3)nc3cc4c(c(Cl)c32)NC(=O)CO4)C1. The van der Waals surface area contributed by atoms with Gasteiger partial charge in [0.2, 0.25) is 11.9 Å². The zero-order valence-electron chi connectivity index (χ0n) is 19.7. The van der Waals surface area contributed by atoms with Crippen LogP contribution in [-0.4, -0.2) is 56.9 Å². The van der Waals surface area contributed by atoms with Crippen LogP contribution < -0.4 is 15.4 Å². The van der Waals surface area contributed by atoms with Gasteiger partial charge in [-0.15, -0.1) is 0 Å². The topological polar surface area (TPSA) is 118 Å². The fourth-order valence-electron chi connectivity index (χ4n) is 4.70. The summed E-state index contributed by atoms with van der Waals surface area (Å²) < 4.78 is 7.42. The van der Waals surface area contributed by atoms with Gasteiger partial charge in [-0.25, -0.2) is 4.98 Å². The number of hydrogen-bond donors (Lipinski definition) is 2. The number of ether oxygens (including phenoxy) is 1. The van der Waals surface area contributed by atoms with E-state index >= 15 is 0 Å². The molecular formula is C25H25ClN6O4. The Bertz CT molecular complexity index is 1400. The Morgan fingerprint density at radius 3 is 2.94 bits per heavy atom. The van der Waals surface area contributed by atoms with Gasteiger partial charge in [0.25, 0.3) is 11.8 Å². The molecular weight excluding hydrogens is 484 g/mol. The first-order valence-corrected chi connectivity index (χ1v) is 12.1. The number of imidazole rings is 1. The van der Waals surface area contributed by atoms with Crippen LogP contribution in [-0.2, 0) is 9.59 Å². The van der Waals surface area contributed by atoms with Crippen molar-refractivity contribution in [1.82, 2.24) is 19.4 Å². The maximum Gasteiger partial charge on any atom is 0.262 e. The lowest BCUT2D eigenvalue weighted by molar-refractivity contribution is -0.126. The van der Waals surface area contributed by atoms with E-state index in [4.69, 9.17) is 21.3 Å². The summed E-state index contributed by atoms with van der Waals surface area (Å²) in [6, 6.07) is 4.78. The number of fused-ring (bicyclic) bond motifs is 2. The van der Waals surface area contributed by atoms with Crippen LogP contribution in [0.2, 0.25) is 5.02 Å². The largest absolute Gasteiger partial charge is 0.481 e. The number of hydrogen-bond acceptors (Lipinski definition) is 6. The second-order valence-corrected chi connectivity index (χ2v) is 9.23. The van der Waals surface area contributed by atoms with E-state index < -0.39 is 0 Å². The summed E-state index contributed by atoms with van der Waals surface area (Å²) in [4.78, 5) is 48.2. The fraction of sp³-hybridized carbons (Fsp3) is 0.320. The molecule has 1 saturated heterocycles. The summed E-state index contributed by atoms with van der Waals surface area (Å²) in [5, 5.41) is 5.95. The van der Waals surface area contributed by atoms with Gasteiger partial charge in [0.1, 0.15) is 11.4 Å². The number of aromatic nitrogens is 3. The summed E-state index contributed by atoms with van der Waals surface area (Å²) in [6.45, 7) is 6.31. The van der Waals surface area contributed by atoms with Crippen LogP contribution in [0.15, 0.2) is 37.1 Å². The minimum Gasteiger partial charge on any atom is -0.481 e. The average Bonchev–Trinajstić information content (AvgIpc) is 3.04. The molecule has 5 rings (SSSR count). The molecule has 36 heavy (non-hydrogen) atoms. The third-order valence-corrected chi connectivity index (χ3v) is 6.75. The van der Waals surface area contributed by atoms with E-state index in [1.165, 1.54) is 6.08 Å². The Hall–Kier alpha value is -3.92. The van der Waals surface area contributed by atoms with Gasteiger partial charge < -0.3 is 19.5 Å². The van der Waals surface area contributed by atoms with Gasteiger partial charge in [-0.1, -0.05) is 18.2 Å². The molecule has 0 aliphatic carbocycles. The third kappa shape index (κ3) is 4.39. The normalized spacial score (nSPS) is 17.6. The molecule has 186 valence electrons. The number of pyridine rings is 1. The van der Waals surface area contributed by atoms with Crippen molar-refractivity contribution in [3.05, 3.63) is 53.3 Å². The first-order chi connectivity index (χ1) is 17.4. The lowest BCUT2D eigenvalue weighted by Crippen LogP contribution is -2.34. The predicted molar refractivity (Wildman–Crippen MR) is 135 cm³/mol. The van der Waals surface area contributed by atoms with Crippen LogP contribution in [0.5, 0.6) is 5.75 Å². The van der Waals surface area contributed by atoms with Crippen LogP contribution in [0.25, 0.3) is 11.0 Å². The molecule has 2 aliphatic rings. The van der Waals surface area contributed by atoms with Crippen molar-refractivity contribution in [2.45, 2.75) is 32.2 Å². The average molecular weight is 509 g/mol. The highest BCUT2D eigenvalue weighted by atomic mass is 35.5. The first kappa shape index (κ1) is 23.8. The molecule has 2 aliphatic heterocycles. The molecule has 0 bridgehead atoms. The predicted octanol–water partition coefficient (Wildman–Crippen LogP) is 3.72. The van der Waals surface area contributed by atoms with Crippen molar-refractivity contribution in [1.29, 1.82) is 0 Å². The number of nitrogens with zero attached hydrogens (tertiary/aromatic N) is 4. The van der Waals surface area contributed by atoms with Crippen molar-refractivity contribution >= 4 is 52.0 Å². The Kier molecular flexibility index (Phi) is 6.36. The number of rotatable bonds is 4. The summed E-state index contributed by atoms with van der Waals surface area (Å²) in [6.07, 6.45) is 5.32. The van der Waals surface area contributed by atoms with E-state index in [1.807, 2.05) is 4.57 Å². The molecule has 4 heterocycles. The van der Waals surface area contributed by atoms with Crippen molar-refractivity contribution in [2.75, 3.05) is 30.3 Å². The van der Waals surface area contributed by atoms with Gasteiger partial charge in [-0.2, -0.15) is 0 Å². The molecule has 3 amide bonds. The van der Waals surface area contributed by atoms with Crippen LogP contribution in [0.4, 0.5) is 11.6 Å². The van der Waals surface area contributed by atoms with E-state index in [2.05, 4.69) is 22.2 Å². The number of benzene rings is 1. The third-order valence-electron chi connectivity index (χ3n) is 6.38. The molecule has 2 aromatic heterocycles. The van der Waals surface area contributed by atoms with Crippen molar-refractivity contribution in [2.24, 2.45) is 0 Å². The Morgan fingerprint density at radius 2 is 2.17 bits per heavy atom. The second-order valence-electron chi connectivity index (χ2n) is 8.85. The molecule has 10 nitrogen and oxygen atoms in total. The van der Waals surface area contributed by atoms with Gasteiger partial charge in [-0.05, 0) is 44.4 Å². The minimum absolute atomic E-state index is 0.123. The molecule has 0 saturated carbocycles. The standard InChI is InChI=1S/C25H25ClN6O4/c1-3-20(34)31-9-5-4-6-16(12-31)32-23-17(11-18-22(21(23)26)29-19(33)13-36-18)28-25(32)30-24(35)15-7-8-27-14(2)10-15/h3,7-8,10-11,16H,1,4-6,9,12-13H2,2H3,(H,29,33)(H,28,30,35). The van der Waals surface area contributed by atoms with E-state index in [1.54, 1.807) is 36.2 Å². The van der Waals surface area contributed by atoms with Crippen LogP contribution in [0.3, 0.4) is 0 Å². The number of halogens is 1. The highest BCUT2D eigenvalue weighted by Crippen LogP contribution is 2.43. The summed E-state index contributed by atoms with van der Waals surface area (Å²) in [5.74, 6) is -0.126. The van der Waals surface area contributed by atoms with Crippen LogP contribution in [0.1, 0.15) is 41.4 Å². The number of carbonyl (C=O) groups is 3. The molecule has 1 unspecified atom stereocenters. The minimum atomic E-state index is -0.352. The number of carbonyl (C=O) groups excluding carboxylic acids is 3. The van der Waals surface area contributed by atoms with Crippen LogP contribution >= 0.6 is 11.6 Å². The molecule has 0 spiro atoms. The molecule has 3 aromatic rings. The summed E-state index contributed by atoms with van der Waals surface area (Å²) in [5.41, 5.74) is 2.55. The number of anilines is 2. The number of aryl methyl sites for hydroxylation is 1. The molecule has 1 atom stereocenters. The van der Waals surface area contributed by atoms with E-state index in [0.717, 1.165) is 19.3 Å². The maximum absolute atomic E-state index is 13.2. The molecule has 1 aromatic carbocycles. The molecule has 1 fully saturated rings. The Balaban J connectivity index is 1.64. The zero-order chi connectivity index (χ0) is 25.4. The van der Waals surface area contributed by atoms with Crippen molar-refractivity contribution in [3.8, 4) is 5.75 Å². The van der Waals surface area contributed by atoms with E-state index in [0.29, 0.717) is 46.8 Å². The van der Waals surface area contributed by atoms with Gasteiger partial charge >= 0.3 is 0 Å². The highest BCUT2D eigenvalue weighted by molar-refractivity contribution is 6.39. The molecule has 2 N–H and O–H groups in total. The quantitative estimate of drug-likeness (QED) is 0.518. The Labute approximate surface area is 212 Å². The monoisotopic (exact) mass is 508 g/mol. The lowest BCUT2D eigenvalue weighted by Gasteiger charge is -2.27. The smallest absolute Gasteiger partial charge is 0.262 e. The fourth-order valence-corrected chi connectivity index (χ4v) is 5.03. The second kappa shape index (κ2) is 9.62. The summed E-state index contributed by atoms with van der Waals surface area (Å²) >= 11 is 6.83. The van der Waals surface area contributed by atoms with Crippen LogP contribution in [0, 0.1) is 6.92 Å². The number of likely N-dealkylation sites (tertiary alicyclic amines) is 1. The van der Waals surface area contributed by atoms with Crippen molar-refractivity contribution in [3.63, 3.8) is 0 Å². The number of nitrogens with one attached hydrogen (secondary N) is 2. The molecule has 0 radical (unpaired) electrons. The van der Waals surface area contributed by atoms with Gasteiger partial charge in [0.05, 0.1) is 22.1 Å². The van der Waals surface area contributed by atoms with Gasteiger partial charge in [-0.3, -0.25) is 24.7 Å². The van der Waals surface area contributed by atoms with Gasteiger partial charge in [0.15, 0.2) is 6.61 Å². The lowest BCUT2D eigenvalue weighted by atomic mass is 10.1. The van der Waals surface area contributed by atoms with E-state index in [9.17, 15) is 14.4 Å². The van der Waals surface area contributed by atoms with Crippen molar-refractivity contribution < 1.29 is 19.1 Å². The first-order valence-electron chi connectivity index (χ1n) is 11.7. The maximum atomic E-state index is 13.2. The van der Waals surface area contributed by atoms with E-state index in [-0.39, 0.29) is 41.3 Å².